The lowest BCUT2D eigenvalue weighted by Gasteiger charge is -2.31. The molecule has 4 heteroatoms. The van der Waals surface area contributed by atoms with Crippen LogP contribution in [0.1, 0.15) is 18.4 Å². The minimum Gasteiger partial charge on any atom is -0.492 e. The van der Waals surface area contributed by atoms with Gasteiger partial charge in [0.2, 0.25) is 0 Å². The van der Waals surface area contributed by atoms with Crippen molar-refractivity contribution in [3.05, 3.63) is 29.8 Å². The van der Waals surface area contributed by atoms with Gasteiger partial charge in [0.25, 0.3) is 0 Å². The number of aliphatic hydroxyl groups excluding tert-OH is 1. The first-order chi connectivity index (χ1) is 10.3. The predicted molar refractivity (Wildman–Crippen MR) is 84.1 cm³/mol. The molecule has 2 rings (SSSR count). The van der Waals surface area contributed by atoms with Gasteiger partial charge in [0, 0.05) is 25.3 Å². The topological polar surface area (TPSA) is 58.7 Å². The molecule has 21 heavy (non-hydrogen) atoms. The first-order valence-electron chi connectivity index (χ1n) is 7.57. The zero-order valence-corrected chi connectivity index (χ0v) is 12.4. The zero-order chi connectivity index (χ0) is 14.9. The minimum atomic E-state index is 0.291. The average Bonchev–Trinajstić information content (AvgIpc) is 2.53. The van der Waals surface area contributed by atoms with Gasteiger partial charge >= 0.3 is 0 Å². The Kier molecular flexibility index (Phi) is 6.55. The summed E-state index contributed by atoms with van der Waals surface area (Å²) in [6.45, 7) is 4.29. The molecular formula is C17H24N2O2. The lowest BCUT2D eigenvalue weighted by Crippen LogP contribution is -2.39. The van der Waals surface area contributed by atoms with E-state index in [-0.39, 0.29) is 0 Å². The summed E-state index contributed by atoms with van der Waals surface area (Å²) in [4.78, 5) is 2.36. The third-order valence-corrected chi connectivity index (χ3v) is 3.71. The molecule has 0 bridgehead atoms. The largest absolute Gasteiger partial charge is 0.492 e. The Morgan fingerprint density at radius 2 is 2.33 bits per heavy atom. The van der Waals surface area contributed by atoms with Crippen molar-refractivity contribution in [3.8, 4) is 17.6 Å². The molecule has 0 radical (unpaired) electrons. The van der Waals surface area contributed by atoms with Crippen molar-refractivity contribution in [1.82, 2.24) is 4.90 Å². The molecule has 1 aromatic rings. The van der Waals surface area contributed by atoms with Gasteiger partial charge in [-0.1, -0.05) is 17.9 Å². The molecule has 114 valence electrons. The lowest BCUT2D eigenvalue weighted by molar-refractivity contribution is 0.107. The van der Waals surface area contributed by atoms with Gasteiger partial charge in [0.15, 0.2) is 0 Å². The molecule has 1 saturated heterocycles. The molecule has 0 aromatic heterocycles. The molecule has 0 spiro atoms. The number of aliphatic hydroxyl groups is 1. The van der Waals surface area contributed by atoms with Crippen LogP contribution in [0.15, 0.2) is 24.3 Å². The molecule has 1 heterocycles. The van der Waals surface area contributed by atoms with Gasteiger partial charge in [0.1, 0.15) is 12.4 Å². The summed E-state index contributed by atoms with van der Waals surface area (Å²) >= 11 is 0. The van der Waals surface area contributed by atoms with E-state index < -0.39 is 0 Å². The minimum absolute atomic E-state index is 0.291. The van der Waals surface area contributed by atoms with Crippen molar-refractivity contribution in [2.75, 3.05) is 39.4 Å². The number of nitrogens with zero attached hydrogens (tertiary/aromatic N) is 1. The van der Waals surface area contributed by atoms with E-state index in [1.54, 1.807) is 0 Å². The van der Waals surface area contributed by atoms with E-state index in [1.165, 1.54) is 0 Å². The quantitative estimate of drug-likeness (QED) is 0.796. The Balaban J connectivity index is 1.78. The molecule has 4 nitrogen and oxygen atoms in total. The number of benzene rings is 1. The Bertz CT molecular complexity index is 493. The maximum Gasteiger partial charge on any atom is 0.120 e. The maximum atomic E-state index is 9.23. The van der Waals surface area contributed by atoms with Crippen molar-refractivity contribution in [3.63, 3.8) is 0 Å². The SMILES string of the molecule is NCC#Cc1cccc(OCCN2CCCC(CO)C2)c1. The second kappa shape index (κ2) is 8.68. The van der Waals surface area contributed by atoms with Gasteiger partial charge in [-0.2, -0.15) is 0 Å². The number of hydrogen-bond donors (Lipinski definition) is 2. The Morgan fingerprint density at radius 3 is 3.14 bits per heavy atom. The molecule has 0 aliphatic carbocycles. The average molecular weight is 288 g/mol. The summed E-state index contributed by atoms with van der Waals surface area (Å²) in [7, 11) is 0. The van der Waals surface area contributed by atoms with Crippen molar-refractivity contribution in [2.24, 2.45) is 11.7 Å². The van der Waals surface area contributed by atoms with E-state index in [0.717, 1.165) is 43.8 Å². The summed E-state index contributed by atoms with van der Waals surface area (Å²) in [6.07, 6.45) is 2.30. The van der Waals surface area contributed by atoms with Crippen LogP contribution in [0.3, 0.4) is 0 Å². The second-order valence-corrected chi connectivity index (χ2v) is 5.37. The van der Waals surface area contributed by atoms with Gasteiger partial charge in [-0.3, -0.25) is 4.90 Å². The number of likely N-dealkylation sites (tertiary alicyclic amines) is 1. The fourth-order valence-electron chi connectivity index (χ4n) is 2.61. The Labute approximate surface area is 126 Å². The maximum absolute atomic E-state index is 9.23. The number of hydrogen-bond acceptors (Lipinski definition) is 4. The highest BCUT2D eigenvalue weighted by Gasteiger charge is 2.18. The van der Waals surface area contributed by atoms with E-state index in [2.05, 4.69) is 16.7 Å². The zero-order valence-electron chi connectivity index (χ0n) is 12.4. The number of nitrogens with two attached hydrogens (primary N) is 1. The van der Waals surface area contributed by atoms with Crippen molar-refractivity contribution in [1.29, 1.82) is 0 Å². The number of rotatable bonds is 5. The van der Waals surface area contributed by atoms with Crippen LogP contribution >= 0.6 is 0 Å². The molecule has 1 unspecified atom stereocenters. The van der Waals surface area contributed by atoms with Gasteiger partial charge in [-0.25, -0.2) is 0 Å². The molecule has 1 aliphatic rings. The van der Waals surface area contributed by atoms with Gasteiger partial charge in [-0.05, 0) is 43.5 Å². The van der Waals surface area contributed by atoms with E-state index in [4.69, 9.17) is 10.5 Å². The van der Waals surface area contributed by atoms with Crippen LogP contribution < -0.4 is 10.5 Å². The van der Waals surface area contributed by atoms with Gasteiger partial charge in [0.05, 0.1) is 6.54 Å². The molecule has 1 atom stereocenters. The first kappa shape index (κ1) is 15.8. The summed E-state index contributed by atoms with van der Waals surface area (Å²) < 4.78 is 5.80. The third kappa shape index (κ3) is 5.39. The normalized spacial score (nSPS) is 18.9. The van der Waals surface area contributed by atoms with Crippen LogP contribution in [-0.2, 0) is 0 Å². The van der Waals surface area contributed by atoms with E-state index >= 15 is 0 Å². The monoisotopic (exact) mass is 288 g/mol. The molecule has 0 amide bonds. The van der Waals surface area contributed by atoms with Gasteiger partial charge < -0.3 is 15.6 Å². The highest BCUT2D eigenvalue weighted by Crippen LogP contribution is 2.16. The molecule has 3 N–H and O–H groups in total. The third-order valence-electron chi connectivity index (χ3n) is 3.71. The summed E-state index contributed by atoms with van der Waals surface area (Å²) in [5, 5.41) is 9.23. The van der Waals surface area contributed by atoms with Crippen LogP contribution in [0, 0.1) is 17.8 Å². The summed E-state index contributed by atoms with van der Waals surface area (Å²) in [5.41, 5.74) is 6.30. The Hall–Kier alpha value is -1.54. The molecule has 1 aromatic carbocycles. The fourth-order valence-corrected chi connectivity index (χ4v) is 2.61. The Morgan fingerprint density at radius 1 is 1.43 bits per heavy atom. The van der Waals surface area contributed by atoms with Crippen LogP contribution in [0.5, 0.6) is 5.75 Å². The molecular weight excluding hydrogens is 264 g/mol. The molecule has 1 aliphatic heterocycles. The van der Waals surface area contributed by atoms with Crippen molar-refractivity contribution < 1.29 is 9.84 Å². The smallest absolute Gasteiger partial charge is 0.120 e. The van der Waals surface area contributed by atoms with Crippen LogP contribution in [0.25, 0.3) is 0 Å². The van der Waals surface area contributed by atoms with E-state index in [0.29, 0.717) is 25.7 Å². The highest BCUT2D eigenvalue weighted by molar-refractivity contribution is 5.39. The molecule has 0 saturated carbocycles. The predicted octanol–water partition coefficient (Wildman–Crippen LogP) is 1.08. The number of piperidine rings is 1. The van der Waals surface area contributed by atoms with Crippen molar-refractivity contribution in [2.45, 2.75) is 12.8 Å². The van der Waals surface area contributed by atoms with Crippen LogP contribution in [-0.4, -0.2) is 49.4 Å². The van der Waals surface area contributed by atoms with E-state index in [9.17, 15) is 5.11 Å². The van der Waals surface area contributed by atoms with Crippen LogP contribution in [0.2, 0.25) is 0 Å². The van der Waals surface area contributed by atoms with Crippen LogP contribution in [0.4, 0.5) is 0 Å². The van der Waals surface area contributed by atoms with E-state index in [1.807, 2.05) is 24.3 Å². The fraction of sp³-hybridized carbons (Fsp3) is 0.529. The lowest BCUT2D eigenvalue weighted by atomic mass is 9.99. The molecule has 1 fully saturated rings. The van der Waals surface area contributed by atoms with Crippen molar-refractivity contribution >= 4 is 0 Å². The summed E-state index contributed by atoms with van der Waals surface area (Å²) in [6, 6.07) is 7.78. The standard InChI is InChI=1S/C17H24N2O2/c18-8-2-5-15-4-1-7-17(12-15)21-11-10-19-9-3-6-16(13-19)14-20/h1,4,7,12,16,20H,3,6,8-11,13-14,18H2. The number of ether oxygens (including phenoxy) is 1. The second-order valence-electron chi connectivity index (χ2n) is 5.37. The first-order valence-corrected chi connectivity index (χ1v) is 7.57. The summed E-state index contributed by atoms with van der Waals surface area (Å²) in [5.74, 6) is 7.11. The van der Waals surface area contributed by atoms with Gasteiger partial charge in [-0.15, -0.1) is 0 Å². The highest BCUT2D eigenvalue weighted by atomic mass is 16.5.